The number of hydrogen-bond donors (Lipinski definition) is 0. The molecule has 1 atom stereocenters. The third-order valence-electron chi connectivity index (χ3n) is 13.3. The summed E-state index contributed by atoms with van der Waals surface area (Å²) < 4.78 is 16.8. The quantitative estimate of drug-likeness (QED) is 0.0261. The number of ether oxygens (including phenoxy) is 3. The van der Waals surface area contributed by atoms with Gasteiger partial charge in [0.05, 0.1) is 0 Å². The molecule has 0 N–H and O–H groups in total. The second-order valence-electron chi connectivity index (χ2n) is 20.2. The summed E-state index contributed by atoms with van der Waals surface area (Å²) in [5.74, 6) is -0.870. The highest BCUT2D eigenvalue weighted by Crippen LogP contribution is 2.17. The Hall–Kier alpha value is -2.89. The molecule has 1 unspecified atom stereocenters. The second kappa shape index (κ2) is 58.7. The van der Waals surface area contributed by atoms with E-state index < -0.39 is 6.10 Å². The van der Waals surface area contributed by atoms with Crippen LogP contribution in [0.2, 0.25) is 0 Å². The number of carbonyl (C=O) groups excluding carboxylic acids is 3. The largest absolute Gasteiger partial charge is 0.462 e. The van der Waals surface area contributed by atoms with E-state index in [1.807, 2.05) is 0 Å². The van der Waals surface area contributed by atoms with E-state index in [9.17, 15) is 14.4 Å². The maximum Gasteiger partial charge on any atom is 0.306 e. The molecule has 0 aromatic heterocycles. The van der Waals surface area contributed by atoms with Gasteiger partial charge in [-0.3, -0.25) is 14.4 Å². The van der Waals surface area contributed by atoms with Crippen LogP contribution in [0.4, 0.5) is 0 Å². The summed E-state index contributed by atoms with van der Waals surface area (Å²) in [7, 11) is 0. The maximum absolute atomic E-state index is 12.8. The molecular weight excluding hydrogens is 865 g/mol. The zero-order valence-corrected chi connectivity index (χ0v) is 46.5. The molecule has 0 aromatic carbocycles. The van der Waals surface area contributed by atoms with Crippen LogP contribution in [0, 0.1) is 0 Å². The number of hydrogen-bond acceptors (Lipinski definition) is 6. The molecule has 0 aliphatic heterocycles. The molecule has 70 heavy (non-hydrogen) atoms. The fraction of sp³-hybridized carbons (Fsp3) is 0.797. The Kier molecular flexibility index (Phi) is 56.3. The first-order valence-corrected chi connectivity index (χ1v) is 30.3. The minimum Gasteiger partial charge on any atom is -0.462 e. The van der Waals surface area contributed by atoms with Gasteiger partial charge in [-0.2, -0.15) is 0 Å². The van der Waals surface area contributed by atoms with Gasteiger partial charge in [0.1, 0.15) is 13.2 Å². The Labute approximate surface area is 434 Å². The number of allylic oxidation sites excluding steroid dienone is 10. The monoisotopic (exact) mass is 979 g/mol. The summed E-state index contributed by atoms with van der Waals surface area (Å²) in [6.45, 7) is 6.52. The van der Waals surface area contributed by atoms with Crippen molar-refractivity contribution in [2.24, 2.45) is 0 Å². The van der Waals surface area contributed by atoms with Crippen LogP contribution in [0.15, 0.2) is 60.8 Å². The van der Waals surface area contributed by atoms with Crippen molar-refractivity contribution < 1.29 is 28.6 Å². The highest BCUT2D eigenvalue weighted by Gasteiger charge is 2.19. The van der Waals surface area contributed by atoms with Crippen molar-refractivity contribution in [2.75, 3.05) is 13.2 Å². The van der Waals surface area contributed by atoms with Crippen LogP contribution in [0.3, 0.4) is 0 Å². The first-order valence-electron chi connectivity index (χ1n) is 30.3. The van der Waals surface area contributed by atoms with Crippen molar-refractivity contribution in [3.05, 3.63) is 60.8 Å². The molecule has 0 fully saturated rings. The fourth-order valence-corrected chi connectivity index (χ4v) is 8.72. The molecule has 6 nitrogen and oxygen atoms in total. The lowest BCUT2D eigenvalue weighted by atomic mass is 10.0. The molecule has 0 aliphatic rings. The Morgan fingerprint density at radius 1 is 0.300 bits per heavy atom. The third kappa shape index (κ3) is 56.0. The van der Waals surface area contributed by atoms with Gasteiger partial charge in [-0.1, -0.05) is 268 Å². The van der Waals surface area contributed by atoms with Gasteiger partial charge in [-0.15, -0.1) is 0 Å². The van der Waals surface area contributed by atoms with Crippen LogP contribution >= 0.6 is 0 Å². The summed E-state index contributed by atoms with van der Waals surface area (Å²) in [5, 5.41) is 0. The first-order chi connectivity index (χ1) is 34.5. The average molecular weight is 980 g/mol. The van der Waals surface area contributed by atoms with Crippen molar-refractivity contribution in [3.63, 3.8) is 0 Å². The second-order valence-corrected chi connectivity index (χ2v) is 20.2. The number of esters is 3. The van der Waals surface area contributed by atoms with E-state index in [-0.39, 0.29) is 31.1 Å². The Balaban J connectivity index is 4.11. The Bertz CT molecular complexity index is 1260. The van der Waals surface area contributed by atoms with Crippen molar-refractivity contribution in [1.29, 1.82) is 0 Å². The average Bonchev–Trinajstić information content (AvgIpc) is 3.36. The van der Waals surface area contributed by atoms with Gasteiger partial charge in [0, 0.05) is 19.3 Å². The van der Waals surface area contributed by atoms with Gasteiger partial charge < -0.3 is 14.2 Å². The predicted octanol–water partition coefficient (Wildman–Crippen LogP) is 20.4. The summed E-state index contributed by atoms with van der Waals surface area (Å²) >= 11 is 0. The highest BCUT2D eigenvalue weighted by atomic mass is 16.6. The van der Waals surface area contributed by atoms with E-state index >= 15 is 0 Å². The number of unbranched alkanes of at least 4 members (excludes halogenated alkanes) is 34. The molecule has 0 bridgehead atoms. The highest BCUT2D eigenvalue weighted by molar-refractivity contribution is 5.71. The molecule has 0 radical (unpaired) electrons. The normalized spacial score (nSPS) is 12.4. The lowest BCUT2D eigenvalue weighted by Crippen LogP contribution is -2.30. The van der Waals surface area contributed by atoms with Crippen LogP contribution < -0.4 is 0 Å². The zero-order chi connectivity index (χ0) is 50.7. The van der Waals surface area contributed by atoms with Gasteiger partial charge in [-0.25, -0.2) is 0 Å². The molecular formula is C64H114O6. The summed E-state index contributed by atoms with van der Waals surface area (Å²) in [6, 6.07) is 0. The summed E-state index contributed by atoms with van der Waals surface area (Å²) in [5.41, 5.74) is 0. The van der Waals surface area contributed by atoms with Crippen LogP contribution in [0.1, 0.15) is 310 Å². The maximum atomic E-state index is 12.8. The van der Waals surface area contributed by atoms with Gasteiger partial charge in [0.25, 0.3) is 0 Å². The van der Waals surface area contributed by atoms with Crippen molar-refractivity contribution >= 4 is 17.9 Å². The van der Waals surface area contributed by atoms with Crippen LogP contribution in [0.5, 0.6) is 0 Å². The van der Waals surface area contributed by atoms with Crippen LogP contribution in [-0.2, 0) is 28.6 Å². The molecule has 406 valence electrons. The zero-order valence-electron chi connectivity index (χ0n) is 46.5. The van der Waals surface area contributed by atoms with Crippen molar-refractivity contribution in [1.82, 2.24) is 0 Å². The summed E-state index contributed by atoms with van der Waals surface area (Å²) in [6.07, 6.45) is 73.8. The molecule has 0 saturated heterocycles. The van der Waals surface area contributed by atoms with Gasteiger partial charge in [-0.05, 0) is 83.5 Å². The van der Waals surface area contributed by atoms with E-state index in [4.69, 9.17) is 14.2 Å². The molecule has 0 spiro atoms. The van der Waals surface area contributed by atoms with Gasteiger partial charge in [0.2, 0.25) is 0 Å². The van der Waals surface area contributed by atoms with E-state index in [2.05, 4.69) is 81.5 Å². The minimum atomic E-state index is -0.773. The van der Waals surface area contributed by atoms with Crippen molar-refractivity contribution in [2.45, 2.75) is 316 Å². The molecule has 0 rings (SSSR count). The topological polar surface area (TPSA) is 78.9 Å². The summed E-state index contributed by atoms with van der Waals surface area (Å²) in [4.78, 5) is 38.1. The van der Waals surface area contributed by atoms with E-state index in [0.717, 1.165) is 89.9 Å². The molecule has 6 heteroatoms. The van der Waals surface area contributed by atoms with Gasteiger partial charge >= 0.3 is 17.9 Å². The lowest BCUT2D eigenvalue weighted by molar-refractivity contribution is -0.167. The van der Waals surface area contributed by atoms with E-state index in [0.29, 0.717) is 19.3 Å². The lowest BCUT2D eigenvalue weighted by Gasteiger charge is -2.18. The van der Waals surface area contributed by atoms with E-state index in [1.54, 1.807) is 0 Å². The molecule has 0 amide bonds. The standard InChI is InChI=1S/C64H114O6/c1-4-7-10-13-16-19-22-24-25-26-27-28-29-30-31-32-33-34-35-36-37-38-39-41-42-45-48-51-54-57-63(66)69-60-61(59-68-62(65)56-53-50-47-44-21-18-15-12-9-6-3)70-64(67)58-55-52-49-46-43-40-23-20-17-14-11-8-5-2/h7,10,16,19-20,23-25,27-28,61H,4-6,8-9,11-15,17-18,21-22,26,29-60H2,1-3H3/b10-7-,19-16-,23-20-,25-24-,28-27-. The van der Waals surface area contributed by atoms with Crippen LogP contribution in [0.25, 0.3) is 0 Å². The van der Waals surface area contributed by atoms with Gasteiger partial charge in [0.15, 0.2) is 6.10 Å². The number of rotatable bonds is 55. The Morgan fingerprint density at radius 3 is 0.900 bits per heavy atom. The predicted molar refractivity (Wildman–Crippen MR) is 302 cm³/mol. The molecule has 0 aliphatic carbocycles. The van der Waals surface area contributed by atoms with Crippen molar-refractivity contribution in [3.8, 4) is 0 Å². The first kappa shape index (κ1) is 67.1. The molecule has 0 saturated carbocycles. The third-order valence-corrected chi connectivity index (χ3v) is 13.3. The Morgan fingerprint density at radius 2 is 0.557 bits per heavy atom. The molecule has 0 heterocycles. The fourth-order valence-electron chi connectivity index (χ4n) is 8.72. The van der Waals surface area contributed by atoms with E-state index in [1.165, 1.54) is 180 Å². The van der Waals surface area contributed by atoms with Crippen LogP contribution in [-0.4, -0.2) is 37.2 Å². The SMILES string of the molecule is CC/C=C\C/C=C\C/C=C\C/C=C\CCCCCCCCCCCCCCCCCCC(=O)OCC(COC(=O)CCCCCCCCCCCC)OC(=O)CCCCCCC/C=C\CCCCCC. The number of carbonyl (C=O) groups is 3. The smallest absolute Gasteiger partial charge is 0.306 e. The molecule has 0 aromatic rings. The minimum absolute atomic E-state index is 0.0731.